The van der Waals surface area contributed by atoms with Crippen LogP contribution < -0.4 is 0 Å². The molecule has 0 spiro atoms. The topological polar surface area (TPSA) is 94.8 Å². The van der Waals surface area contributed by atoms with Crippen LogP contribution in [0.4, 0.5) is 0 Å². The normalized spacial score (nSPS) is 24.9. The van der Waals surface area contributed by atoms with Crippen LogP contribution in [0.1, 0.15) is 77.6 Å². The first-order valence-electron chi connectivity index (χ1n) is 9.74. The van der Waals surface area contributed by atoms with E-state index in [1.807, 2.05) is 6.08 Å². The van der Waals surface area contributed by atoms with E-state index in [1.54, 1.807) is 6.08 Å². The number of hydrogen-bond donors (Lipinski definition) is 3. The lowest BCUT2D eigenvalue weighted by Gasteiger charge is -2.18. The number of unbranched alkanes of at least 4 members (excludes halogenated alkanes) is 5. The Kier molecular flexibility index (Phi) is 10.7. The highest BCUT2D eigenvalue weighted by Gasteiger charge is 2.39. The maximum Gasteiger partial charge on any atom is 0.303 e. The minimum Gasteiger partial charge on any atom is -0.481 e. The smallest absolute Gasteiger partial charge is 0.303 e. The van der Waals surface area contributed by atoms with E-state index in [4.69, 9.17) is 5.11 Å². The van der Waals surface area contributed by atoms with Crippen LogP contribution in [0.15, 0.2) is 12.2 Å². The van der Waals surface area contributed by atoms with Crippen LogP contribution in [-0.2, 0) is 9.59 Å². The summed E-state index contributed by atoms with van der Waals surface area (Å²) < 4.78 is 0. The van der Waals surface area contributed by atoms with Crippen molar-refractivity contribution in [2.45, 2.75) is 89.8 Å². The van der Waals surface area contributed by atoms with Crippen molar-refractivity contribution in [3.8, 4) is 0 Å². The first-order valence-corrected chi connectivity index (χ1v) is 9.74. The maximum atomic E-state index is 12.1. The summed E-state index contributed by atoms with van der Waals surface area (Å²) in [4.78, 5) is 22.6. The number of aliphatic hydroxyl groups is 2. The van der Waals surface area contributed by atoms with Gasteiger partial charge in [0.05, 0.1) is 12.2 Å². The Balaban J connectivity index is 2.39. The molecule has 0 radical (unpaired) electrons. The monoisotopic (exact) mass is 354 g/mol. The zero-order chi connectivity index (χ0) is 18.7. The summed E-state index contributed by atoms with van der Waals surface area (Å²) in [5.41, 5.74) is 0. The first kappa shape index (κ1) is 21.8. The van der Waals surface area contributed by atoms with Crippen LogP contribution in [0.2, 0.25) is 0 Å². The standard InChI is InChI=1S/C20H34O5/c1-2-3-6-9-15(21)12-13-17-16(18(22)14-19(17)23)10-7-4-5-8-11-20(24)25/h12-13,15-17,19,21,23H,2-11,14H2,1H3,(H,24,25)/b13-12+/t15-,16+,17+,19+/m1/s1. The van der Waals surface area contributed by atoms with E-state index in [2.05, 4.69) is 6.92 Å². The van der Waals surface area contributed by atoms with Gasteiger partial charge in [-0.15, -0.1) is 0 Å². The predicted octanol–water partition coefficient (Wildman–Crippen LogP) is 3.48. The van der Waals surface area contributed by atoms with E-state index >= 15 is 0 Å². The summed E-state index contributed by atoms with van der Waals surface area (Å²) in [6.07, 6.45) is 10.7. The van der Waals surface area contributed by atoms with Crippen molar-refractivity contribution in [2.75, 3.05) is 0 Å². The molecule has 0 bridgehead atoms. The molecule has 0 aliphatic heterocycles. The third-order valence-electron chi connectivity index (χ3n) is 5.05. The Morgan fingerprint density at radius 2 is 1.92 bits per heavy atom. The van der Waals surface area contributed by atoms with Gasteiger partial charge in [0, 0.05) is 24.7 Å². The SMILES string of the molecule is CCCCC[C@@H](O)/C=C/[C@H]1[C@H](CCCCCCC(=O)O)C(=O)C[C@@H]1O. The molecule has 1 saturated carbocycles. The van der Waals surface area contributed by atoms with Crippen molar-refractivity contribution in [1.29, 1.82) is 0 Å². The summed E-state index contributed by atoms with van der Waals surface area (Å²) in [7, 11) is 0. The van der Waals surface area contributed by atoms with E-state index in [-0.39, 0.29) is 30.5 Å². The van der Waals surface area contributed by atoms with Gasteiger partial charge in [0.1, 0.15) is 5.78 Å². The number of carbonyl (C=O) groups is 2. The highest BCUT2D eigenvalue weighted by Crippen LogP contribution is 2.34. The number of rotatable bonds is 13. The van der Waals surface area contributed by atoms with Crippen molar-refractivity contribution in [2.24, 2.45) is 11.8 Å². The number of aliphatic hydroxyl groups excluding tert-OH is 2. The van der Waals surface area contributed by atoms with Crippen LogP contribution in [0.25, 0.3) is 0 Å². The van der Waals surface area contributed by atoms with Gasteiger partial charge >= 0.3 is 5.97 Å². The second kappa shape index (κ2) is 12.2. The minimum atomic E-state index is -0.767. The fraction of sp³-hybridized carbons (Fsp3) is 0.800. The first-order chi connectivity index (χ1) is 12.0. The van der Waals surface area contributed by atoms with E-state index in [0.29, 0.717) is 6.42 Å². The lowest BCUT2D eigenvalue weighted by Crippen LogP contribution is -2.19. The average Bonchev–Trinajstić information content (AvgIpc) is 2.82. The minimum absolute atomic E-state index is 0.105. The van der Waals surface area contributed by atoms with Crippen molar-refractivity contribution in [3.63, 3.8) is 0 Å². The molecule has 0 heterocycles. The molecule has 0 aromatic rings. The highest BCUT2D eigenvalue weighted by atomic mass is 16.4. The number of carbonyl (C=O) groups excluding carboxylic acids is 1. The molecule has 0 amide bonds. The summed E-state index contributed by atoms with van der Waals surface area (Å²) in [5.74, 6) is -1.04. The van der Waals surface area contributed by atoms with E-state index in [1.165, 1.54) is 0 Å². The van der Waals surface area contributed by atoms with Crippen molar-refractivity contribution in [1.82, 2.24) is 0 Å². The second-order valence-electron chi connectivity index (χ2n) is 7.22. The molecule has 1 aliphatic carbocycles. The van der Waals surface area contributed by atoms with Crippen molar-refractivity contribution < 1.29 is 24.9 Å². The van der Waals surface area contributed by atoms with Crippen LogP contribution >= 0.6 is 0 Å². The number of aliphatic carboxylic acids is 1. The molecule has 0 aromatic carbocycles. The molecule has 4 atom stereocenters. The molecule has 1 aliphatic rings. The molecule has 0 aromatic heterocycles. The van der Waals surface area contributed by atoms with Crippen LogP contribution in [0, 0.1) is 11.8 Å². The number of ketones is 1. The second-order valence-corrected chi connectivity index (χ2v) is 7.22. The molecule has 144 valence electrons. The van der Waals surface area contributed by atoms with E-state index < -0.39 is 18.2 Å². The zero-order valence-electron chi connectivity index (χ0n) is 15.4. The third-order valence-corrected chi connectivity index (χ3v) is 5.05. The van der Waals surface area contributed by atoms with Crippen molar-refractivity contribution in [3.05, 3.63) is 12.2 Å². The average molecular weight is 354 g/mol. The van der Waals surface area contributed by atoms with E-state index in [0.717, 1.165) is 51.4 Å². The Labute approximate surface area is 151 Å². The Morgan fingerprint density at radius 1 is 1.20 bits per heavy atom. The molecule has 0 saturated heterocycles. The quantitative estimate of drug-likeness (QED) is 0.348. The molecular formula is C20H34O5. The van der Waals surface area contributed by atoms with Gasteiger partial charge in [-0.3, -0.25) is 9.59 Å². The van der Waals surface area contributed by atoms with Crippen molar-refractivity contribution >= 4 is 11.8 Å². The number of Topliss-reactive ketones (excluding diaryl/α,β-unsaturated/α-hetero) is 1. The fourth-order valence-electron chi connectivity index (χ4n) is 3.54. The molecule has 3 N–H and O–H groups in total. The van der Waals surface area contributed by atoms with Crippen LogP contribution in [-0.4, -0.2) is 39.3 Å². The largest absolute Gasteiger partial charge is 0.481 e. The van der Waals surface area contributed by atoms with Gasteiger partial charge in [0.25, 0.3) is 0 Å². The van der Waals surface area contributed by atoms with Gasteiger partial charge < -0.3 is 15.3 Å². The molecule has 1 rings (SSSR count). The summed E-state index contributed by atoms with van der Waals surface area (Å²) in [5, 5.41) is 28.7. The molecular weight excluding hydrogens is 320 g/mol. The van der Waals surface area contributed by atoms with E-state index in [9.17, 15) is 19.8 Å². The Bertz CT molecular complexity index is 432. The Hall–Kier alpha value is -1.20. The third kappa shape index (κ3) is 8.63. The Morgan fingerprint density at radius 3 is 2.60 bits per heavy atom. The predicted molar refractivity (Wildman–Crippen MR) is 97.2 cm³/mol. The summed E-state index contributed by atoms with van der Waals surface area (Å²) in [6.45, 7) is 2.12. The number of carboxylic acids is 1. The van der Waals surface area contributed by atoms with Gasteiger partial charge in [-0.05, 0) is 19.3 Å². The number of hydrogen-bond acceptors (Lipinski definition) is 4. The highest BCUT2D eigenvalue weighted by molar-refractivity contribution is 5.84. The summed E-state index contributed by atoms with van der Waals surface area (Å²) >= 11 is 0. The van der Waals surface area contributed by atoms with Gasteiger partial charge in [0.2, 0.25) is 0 Å². The summed E-state index contributed by atoms with van der Waals surface area (Å²) in [6, 6.07) is 0. The molecule has 25 heavy (non-hydrogen) atoms. The zero-order valence-corrected chi connectivity index (χ0v) is 15.4. The number of carboxylic acid groups (broad SMARTS) is 1. The lowest BCUT2D eigenvalue weighted by atomic mass is 9.88. The molecule has 5 heteroatoms. The van der Waals surface area contributed by atoms with Crippen LogP contribution in [0.3, 0.4) is 0 Å². The molecule has 0 unspecified atom stereocenters. The van der Waals surface area contributed by atoms with Gasteiger partial charge in [-0.25, -0.2) is 0 Å². The van der Waals surface area contributed by atoms with Gasteiger partial charge in [0.15, 0.2) is 0 Å². The van der Waals surface area contributed by atoms with Gasteiger partial charge in [-0.2, -0.15) is 0 Å². The maximum absolute atomic E-state index is 12.1. The lowest BCUT2D eigenvalue weighted by molar-refractivity contribution is -0.137. The van der Waals surface area contributed by atoms with Gasteiger partial charge in [-0.1, -0.05) is 57.6 Å². The molecule has 1 fully saturated rings. The molecule has 5 nitrogen and oxygen atoms in total. The fourth-order valence-corrected chi connectivity index (χ4v) is 3.54. The van der Waals surface area contributed by atoms with Crippen LogP contribution in [0.5, 0.6) is 0 Å².